The Morgan fingerprint density at radius 2 is 1.98 bits per heavy atom. The number of benzene rings is 2. The topological polar surface area (TPSA) is 134 Å². The van der Waals surface area contributed by atoms with Crippen LogP contribution in [0.15, 0.2) is 61.4 Å². The van der Waals surface area contributed by atoms with Crippen molar-refractivity contribution in [2.24, 2.45) is 0 Å². The molecule has 11 nitrogen and oxygen atoms in total. The smallest absolute Gasteiger partial charge is 0.243 e. The quantitative estimate of drug-likeness (QED) is 0.240. The zero-order valence-electron chi connectivity index (χ0n) is 22.4. The van der Waals surface area contributed by atoms with Crippen molar-refractivity contribution in [2.45, 2.75) is 32.2 Å². The van der Waals surface area contributed by atoms with E-state index in [1.54, 1.807) is 37.3 Å². The normalized spacial score (nSPS) is 15.5. The van der Waals surface area contributed by atoms with Gasteiger partial charge in [-0.15, -0.1) is 0 Å². The second-order valence-electron chi connectivity index (χ2n) is 9.86. The standard InChI is InChI=1S/C29H28FN9O2/c1-3-26(40)33-18-6-4-5-13-39(15-18)25-12-10-22-28(35-25)29(32-16-31-22)34-21-9-11-24(17(2)27(21)30)41-19-7-8-20-23(14-19)37-38-36-20/h3,7-12,14,16,18H,1,4-6,13,15H2,2H3,(H,33,40)(H,31,32,34)(H,36,37,38)/t18-/m0/s1. The number of nitrogens with zero attached hydrogens (tertiary/aromatic N) is 6. The van der Waals surface area contributed by atoms with Crippen LogP contribution in [0.4, 0.5) is 21.7 Å². The van der Waals surface area contributed by atoms with Gasteiger partial charge in [0.15, 0.2) is 11.6 Å². The van der Waals surface area contributed by atoms with Crippen LogP contribution in [-0.4, -0.2) is 55.4 Å². The summed E-state index contributed by atoms with van der Waals surface area (Å²) in [7, 11) is 0. The number of anilines is 3. The first-order chi connectivity index (χ1) is 20.0. The molecule has 1 fully saturated rings. The Morgan fingerprint density at radius 1 is 1.12 bits per heavy atom. The van der Waals surface area contributed by atoms with E-state index in [4.69, 9.17) is 9.72 Å². The molecule has 0 spiro atoms. The Hall–Kier alpha value is -5.13. The Bertz CT molecular complexity index is 1760. The van der Waals surface area contributed by atoms with Gasteiger partial charge in [0.1, 0.15) is 40.2 Å². The summed E-state index contributed by atoms with van der Waals surface area (Å²) in [6.07, 6.45) is 5.56. The highest BCUT2D eigenvalue weighted by Crippen LogP contribution is 2.33. The lowest BCUT2D eigenvalue weighted by Gasteiger charge is -2.26. The second-order valence-corrected chi connectivity index (χ2v) is 9.86. The van der Waals surface area contributed by atoms with Crippen molar-refractivity contribution in [2.75, 3.05) is 23.3 Å². The van der Waals surface area contributed by atoms with E-state index >= 15 is 4.39 Å². The fraction of sp³-hybridized carbons (Fsp3) is 0.241. The summed E-state index contributed by atoms with van der Waals surface area (Å²) < 4.78 is 21.5. The number of aromatic nitrogens is 6. The molecule has 0 bridgehead atoms. The molecule has 1 amide bonds. The number of amides is 1. The van der Waals surface area contributed by atoms with E-state index in [1.807, 2.05) is 12.1 Å². The molecule has 3 N–H and O–H groups in total. The summed E-state index contributed by atoms with van der Waals surface area (Å²) in [5.74, 6) is 1.36. The summed E-state index contributed by atoms with van der Waals surface area (Å²) in [6, 6.07) is 12.3. The number of ether oxygens (including phenoxy) is 1. The van der Waals surface area contributed by atoms with Crippen molar-refractivity contribution < 1.29 is 13.9 Å². The van der Waals surface area contributed by atoms with Gasteiger partial charge < -0.3 is 20.3 Å². The second kappa shape index (κ2) is 11.2. The molecule has 0 radical (unpaired) electrons. The van der Waals surface area contributed by atoms with E-state index in [1.165, 1.54) is 12.4 Å². The fourth-order valence-electron chi connectivity index (χ4n) is 4.94. The van der Waals surface area contributed by atoms with Crippen LogP contribution in [-0.2, 0) is 4.79 Å². The lowest BCUT2D eigenvalue weighted by molar-refractivity contribution is -0.117. The fourth-order valence-corrected chi connectivity index (χ4v) is 4.94. The Labute approximate surface area is 234 Å². The van der Waals surface area contributed by atoms with Crippen molar-refractivity contribution in [3.05, 3.63) is 72.8 Å². The van der Waals surface area contributed by atoms with Crippen LogP contribution in [0, 0.1) is 12.7 Å². The molecule has 12 heteroatoms. The molecule has 1 aliphatic rings. The molecule has 1 saturated heterocycles. The van der Waals surface area contributed by atoms with Crippen LogP contribution in [0.5, 0.6) is 11.5 Å². The van der Waals surface area contributed by atoms with E-state index in [0.29, 0.717) is 51.5 Å². The minimum atomic E-state index is -0.471. The third-order valence-corrected chi connectivity index (χ3v) is 7.10. The molecule has 3 aromatic heterocycles. The number of aromatic amines is 1. The predicted octanol–water partition coefficient (Wildman–Crippen LogP) is 4.94. The van der Waals surface area contributed by atoms with Gasteiger partial charge in [0, 0.05) is 30.8 Å². The van der Waals surface area contributed by atoms with Crippen molar-refractivity contribution in [3.63, 3.8) is 0 Å². The van der Waals surface area contributed by atoms with Crippen LogP contribution in [0.25, 0.3) is 22.1 Å². The minimum Gasteiger partial charge on any atom is -0.457 e. The lowest BCUT2D eigenvalue weighted by atomic mass is 10.1. The van der Waals surface area contributed by atoms with Gasteiger partial charge in [-0.05, 0) is 68.7 Å². The molecule has 4 heterocycles. The average molecular weight is 554 g/mol. The molecule has 5 aromatic rings. The summed E-state index contributed by atoms with van der Waals surface area (Å²) in [5.41, 5.74) is 3.06. The van der Waals surface area contributed by atoms with E-state index < -0.39 is 5.82 Å². The van der Waals surface area contributed by atoms with Gasteiger partial charge in [-0.2, -0.15) is 15.4 Å². The molecule has 208 valence electrons. The molecule has 0 aliphatic carbocycles. The van der Waals surface area contributed by atoms with Crippen LogP contribution in [0.3, 0.4) is 0 Å². The van der Waals surface area contributed by atoms with Gasteiger partial charge >= 0.3 is 0 Å². The van der Waals surface area contributed by atoms with Gasteiger partial charge in [0.25, 0.3) is 0 Å². The number of pyridine rings is 1. The molecule has 6 rings (SSSR count). The van der Waals surface area contributed by atoms with Crippen molar-refractivity contribution in [1.82, 2.24) is 35.7 Å². The van der Waals surface area contributed by atoms with Gasteiger partial charge in [-0.25, -0.2) is 19.3 Å². The summed E-state index contributed by atoms with van der Waals surface area (Å²) in [4.78, 5) is 27.6. The maximum absolute atomic E-state index is 15.6. The van der Waals surface area contributed by atoms with E-state index in [2.05, 4.69) is 47.5 Å². The van der Waals surface area contributed by atoms with E-state index in [9.17, 15) is 4.79 Å². The van der Waals surface area contributed by atoms with Crippen molar-refractivity contribution in [3.8, 4) is 11.5 Å². The van der Waals surface area contributed by atoms with Gasteiger partial charge in [0.2, 0.25) is 5.91 Å². The van der Waals surface area contributed by atoms with Gasteiger partial charge in [-0.1, -0.05) is 6.58 Å². The highest BCUT2D eigenvalue weighted by Gasteiger charge is 2.21. The number of H-pyrrole nitrogens is 1. The first-order valence-electron chi connectivity index (χ1n) is 13.3. The predicted molar refractivity (Wildman–Crippen MR) is 154 cm³/mol. The lowest BCUT2D eigenvalue weighted by Crippen LogP contribution is -2.42. The van der Waals surface area contributed by atoms with Crippen LogP contribution < -0.4 is 20.3 Å². The zero-order valence-corrected chi connectivity index (χ0v) is 22.4. The maximum Gasteiger partial charge on any atom is 0.243 e. The Kier molecular flexibility index (Phi) is 7.11. The highest BCUT2D eigenvalue weighted by atomic mass is 19.1. The third-order valence-electron chi connectivity index (χ3n) is 7.10. The largest absolute Gasteiger partial charge is 0.457 e. The summed E-state index contributed by atoms with van der Waals surface area (Å²) in [6.45, 7) is 6.62. The summed E-state index contributed by atoms with van der Waals surface area (Å²) in [5, 5.41) is 16.8. The molecule has 41 heavy (non-hydrogen) atoms. The first kappa shape index (κ1) is 26.1. The molecular weight excluding hydrogens is 525 g/mol. The number of hydrogen-bond donors (Lipinski definition) is 3. The van der Waals surface area contributed by atoms with E-state index in [0.717, 1.165) is 31.6 Å². The zero-order chi connectivity index (χ0) is 28.3. The monoisotopic (exact) mass is 553 g/mol. The van der Waals surface area contributed by atoms with Gasteiger partial charge in [-0.3, -0.25) is 4.79 Å². The molecule has 1 atom stereocenters. The van der Waals surface area contributed by atoms with Crippen LogP contribution >= 0.6 is 0 Å². The number of carbonyl (C=O) groups is 1. The van der Waals surface area contributed by atoms with Crippen LogP contribution in [0.2, 0.25) is 0 Å². The number of nitrogens with one attached hydrogen (secondary N) is 3. The third kappa shape index (κ3) is 5.49. The number of hydrogen-bond acceptors (Lipinski definition) is 9. The Balaban J connectivity index is 1.25. The number of carbonyl (C=O) groups excluding carboxylic acids is 1. The summed E-state index contributed by atoms with van der Waals surface area (Å²) >= 11 is 0. The molecule has 0 saturated carbocycles. The SMILES string of the molecule is C=CC(=O)N[C@H]1CCCCN(c2ccc3ncnc(Nc4ccc(Oc5ccc6n[nH]nc6c5)c(C)c4F)c3n2)C1. The number of halogens is 1. The molecule has 2 aromatic carbocycles. The minimum absolute atomic E-state index is 0.0132. The average Bonchev–Trinajstić information content (AvgIpc) is 3.34. The highest BCUT2D eigenvalue weighted by molar-refractivity contribution is 5.88. The number of fused-ring (bicyclic) bond motifs is 2. The molecular formula is C29H28FN9O2. The number of rotatable bonds is 7. The van der Waals surface area contributed by atoms with Crippen LogP contribution in [0.1, 0.15) is 24.8 Å². The first-order valence-corrected chi connectivity index (χ1v) is 13.3. The molecule has 1 aliphatic heterocycles. The Morgan fingerprint density at radius 3 is 2.85 bits per heavy atom. The van der Waals surface area contributed by atoms with Crippen molar-refractivity contribution in [1.29, 1.82) is 0 Å². The van der Waals surface area contributed by atoms with Crippen molar-refractivity contribution >= 4 is 45.3 Å². The van der Waals surface area contributed by atoms with Gasteiger partial charge in [0.05, 0.1) is 11.2 Å². The molecule has 0 unspecified atom stereocenters. The maximum atomic E-state index is 15.6. The van der Waals surface area contributed by atoms with E-state index in [-0.39, 0.29) is 17.6 Å².